The molecule has 0 saturated heterocycles. The SMILES string of the molecule is C=C(C)c1c(C(=O)OCC)cn2cc(Cn3cc(C(O)(CC)C(F)(F)F)nn3)ccc12. The van der Waals surface area contributed by atoms with Crippen LogP contribution in [-0.2, 0) is 16.9 Å². The second-order valence-electron chi connectivity index (χ2n) is 7.26. The largest absolute Gasteiger partial charge is 0.462 e. The minimum absolute atomic E-state index is 0.121. The molecule has 0 fully saturated rings. The van der Waals surface area contributed by atoms with E-state index in [0.717, 1.165) is 11.7 Å². The quantitative estimate of drug-likeness (QED) is 0.568. The Bertz CT molecular complexity index is 1130. The van der Waals surface area contributed by atoms with Gasteiger partial charge < -0.3 is 14.2 Å². The molecular weight excluding hydrogens is 413 g/mol. The van der Waals surface area contributed by atoms with Crippen molar-refractivity contribution in [3.8, 4) is 0 Å². The number of nitrogens with zero attached hydrogens (tertiary/aromatic N) is 4. The van der Waals surface area contributed by atoms with Crippen LogP contribution in [0.25, 0.3) is 11.1 Å². The van der Waals surface area contributed by atoms with Crippen LogP contribution in [0.15, 0.2) is 37.3 Å². The summed E-state index contributed by atoms with van der Waals surface area (Å²) in [5, 5.41) is 17.3. The molecule has 3 rings (SSSR count). The Morgan fingerprint density at radius 1 is 1.23 bits per heavy atom. The molecule has 0 amide bonds. The van der Waals surface area contributed by atoms with Crippen LogP contribution in [-0.4, -0.2) is 43.3 Å². The first kappa shape index (κ1) is 22.5. The fourth-order valence-corrected chi connectivity index (χ4v) is 3.41. The number of aliphatic hydroxyl groups is 1. The molecule has 31 heavy (non-hydrogen) atoms. The summed E-state index contributed by atoms with van der Waals surface area (Å²) in [4.78, 5) is 12.3. The van der Waals surface area contributed by atoms with Gasteiger partial charge in [-0.2, -0.15) is 13.2 Å². The first-order chi connectivity index (χ1) is 14.5. The van der Waals surface area contributed by atoms with Crippen LogP contribution in [0, 0.1) is 0 Å². The second kappa shape index (κ2) is 8.18. The molecule has 7 nitrogen and oxygen atoms in total. The first-order valence-corrected chi connectivity index (χ1v) is 9.68. The third-order valence-corrected chi connectivity index (χ3v) is 5.04. The highest BCUT2D eigenvalue weighted by atomic mass is 19.4. The lowest BCUT2D eigenvalue weighted by Crippen LogP contribution is -2.42. The van der Waals surface area contributed by atoms with E-state index >= 15 is 0 Å². The van der Waals surface area contributed by atoms with Gasteiger partial charge in [0.15, 0.2) is 0 Å². The molecule has 3 aromatic rings. The third-order valence-electron chi connectivity index (χ3n) is 5.04. The highest BCUT2D eigenvalue weighted by molar-refractivity contribution is 5.99. The van der Waals surface area contributed by atoms with Crippen molar-refractivity contribution < 1.29 is 27.8 Å². The van der Waals surface area contributed by atoms with Gasteiger partial charge >= 0.3 is 12.1 Å². The maximum atomic E-state index is 13.3. The Labute approximate surface area is 176 Å². The number of hydrogen-bond donors (Lipinski definition) is 1. The van der Waals surface area contributed by atoms with Gasteiger partial charge in [0.25, 0.3) is 0 Å². The van der Waals surface area contributed by atoms with E-state index in [-0.39, 0.29) is 13.2 Å². The molecule has 0 aromatic carbocycles. The van der Waals surface area contributed by atoms with Crippen LogP contribution < -0.4 is 0 Å². The molecule has 1 N–H and O–H groups in total. The van der Waals surface area contributed by atoms with Crippen LogP contribution >= 0.6 is 0 Å². The lowest BCUT2D eigenvalue weighted by Gasteiger charge is -2.26. The van der Waals surface area contributed by atoms with Gasteiger partial charge in [-0.25, -0.2) is 9.48 Å². The van der Waals surface area contributed by atoms with Crippen LogP contribution in [0.1, 0.15) is 54.4 Å². The smallest absolute Gasteiger partial charge is 0.423 e. The second-order valence-corrected chi connectivity index (χ2v) is 7.26. The predicted octanol–water partition coefficient (Wildman–Crippen LogP) is 3.95. The zero-order valence-electron chi connectivity index (χ0n) is 17.4. The van der Waals surface area contributed by atoms with E-state index in [0.29, 0.717) is 22.3 Å². The highest BCUT2D eigenvalue weighted by Crippen LogP contribution is 2.40. The molecule has 3 heterocycles. The van der Waals surface area contributed by atoms with E-state index in [1.807, 2.05) is 0 Å². The zero-order valence-corrected chi connectivity index (χ0v) is 17.4. The van der Waals surface area contributed by atoms with Crippen LogP contribution in [0.4, 0.5) is 13.2 Å². The Morgan fingerprint density at radius 2 is 1.94 bits per heavy atom. The number of aromatic nitrogens is 4. The summed E-state index contributed by atoms with van der Waals surface area (Å²) in [6.07, 6.45) is -0.991. The van der Waals surface area contributed by atoms with Crippen molar-refractivity contribution >= 4 is 17.1 Å². The first-order valence-electron chi connectivity index (χ1n) is 9.68. The standard InChI is InChI=1S/C21H23F3N4O3/c1-5-20(30,21(22,23)24)17-12-28(26-25-17)10-14-7-8-16-18(13(3)4)15(11-27(16)9-14)19(29)31-6-2/h7-9,11-12,30H,3,5-6,10H2,1-2,4H3. The topological polar surface area (TPSA) is 81.7 Å². The minimum atomic E-state index is -4.87. The summed E-state index contributed by atoms with van der Waals surface area (Å²) >= 11 is 0. The molecule has 1 unspecified atom stereocenters. The maximum Gasteiger partial charge on any atom is 0.423 e. The van der Waals surface area contributed by atoms with Gasteiger partial charge in [0.2, 0.25) is 5.60 Å². The van der Waals surface area contributed by atoms with E-state index in [4.69, 9.17) is 4.74 Å². The van der Waals surface area contributed by atoms with Gasteiger partial charge in [-0.15, -0.1) is 5.10 Å². The molecule has 0 aliphatic rings. The van der Waals surface area contributed by atoms with E-state index in [1.54, 1.807) is 42.8 Å². The van der Waals surface area contributed by atoms with Crippen LogP contribution in [0.2, 0.25) is 0 Å². The Hall–Kier alpha value is -3.14. The molecule has 0 spiro atoms. The van der Waals surface area contributed by atoms with Crippen molar-refractivity contribution in [3.05, 3.63) is 59.7 Å². The van der Waals surface area contributed by atoms with Crippen LogP contribution in [0.3, 0.4) is 0 Å². The Morgan fingerprint density at radius 3 is 2.52 bits per heavy atom. The molecule has 0 aliphatic carbocycles. The lowest BCUT2D eigenvalue weighted by molar-refractivity contribution is -0.269. The lowest BCUT2D eigenvalue weighted by atomic mass is 9.96. The average molecular weight is 436 g/mol. The van der Waals surface area contributed by atoms with E-state index in [9.17, 15) is 23.1 Å². The number of pyridine rings is 1. The summed E-state index contributed by atoms with van der Waals surface area (Å²) in [5.41, 5.74) is -0.408. The molecule has 3 aromatic heterocycles. The maximum absolute atomic E-state index is 13.3. The molecule has 1 atom stereocenters. The average Bonchev–Trinajstić information content (AvgIpc) is 3.31. The molecular formula is C21H23F3N4O3. The summed E-state index contributed by atoms with van der Waals surface area (Å²) in [7, 11) is 0. The van der Waals surface area contributed by atoms with Gasteiger partial charge in [0, 0.05) is 18.0 Å². The monoisotopic (exact) mass is 436 g/mol. The number of halogens is 3. The van der Waals surface area contributed by atoms with Crippen molar-refractivity contribution in [1.29, 1.82) is 0 Å². The van der Waals surface area contributed by atoms with E-state index in [1.165, 1.54) is 11.6 Å². The number of carbonyl (C=O) groups is 1. The number of ether oxygens (including phenoxy) is 1. The third kappa shape index (κ3) is 4.07. The summed E-state index contributed by atoms with van der Waals surface area (Å²) in [6.45, 7) is 9.03. The van der Waals surface area contributed by atoms with Gasteiger partial charge in [0.05, 0.1) is 30.4 Å². The number of hydrogen-bond acceptors (Lipinski definition) is 5. The summed E-state index contributed by atoms with van der Waals surface area (Å²) in [6, 6.07) is 3.56. The van der Waals surface area contributed by atoms with Gasteiger partial charge in [-0.3, -0.25) is 0 Å². The summed E-state index contributed by atoms with van der Waals surface area (Å²) in [5.74, 6) is -0.460. The number of carbonyl (C=O) groups excluding carboxylic acids is 1. The Balaban J connectivity index is 1.94. The van der Waals surface area contributed by atoms with Crippen molar-refractivity contribution in [2.75, 3.05) is 6.61 Å². The van der Waals surface area contributed by atoms with E-state index in [2.05, 4.69) is 16.9 Å². The number of alkyl halides is 3. The molecule has 0 bridgehead atoms. The fraction of sp³-hybridized carbons (Fsp3) is 0.381. The highest BCUT2D eigenvalue weighted by Gasteiger charge is 2.55. The molecule has 0 radical (unpaired) electrons. The van der Waals surface area contributed by atoms with Gasteiger partial charge in [-0.05, 0) is 37.5 Å². The number of fused-ring (bicyclic) bond motifs is 1. The van der Waals surface area contributed by atoms with E-state index < -0.39 is 29.9 Å². The van der Waals surface area contributed by atoms with Gasteiger partial charge in [-0.1, -0.05) is 24.8 Å². The fourth-order valence-electron chi connectivity index (χ4n) is 3.41. The molecule has 0 aliphatic heterocycles. The van der Waals surface area contributed by atoms with Crippen molar-refractivity contribution in [1.82, 2.24) is 19.4 Å². The van der Waals surface area contributed by atoms with Crippen molar-refractivity contribution in [2.45, 2.75) is 45.5 Å². The predicted molar refractivity (Wildman–Crippen MR) is 107 cm³/mol. The van der Waals surface area contributed by atoms with Crippen molar-refractivity contribution in [3.63, 3.8) is 0 Å². The van der Waals surface area contributed by atoms with Crippen molar-refractivity contribution in [2.24, 2.45) is 0 Å². The molecule has 10 heteroatoms. The normalized spacial score (nSPS) is 13.9. The van der Waals surface area contributed by atoms with Gasteiger partial charge in [0.1, 0.15) is 5.69 Å². The summed E-state index contributed by atoms with van der Waals surface area (Å²) < 4.78 is 47.8. The molecule has 166 valence electrons. The molecule has 0 saturated carbocycles. The number of allylic oxidation sites excluding steroid dienone is 1. The van der Waals surface area contributed by atoms with Crippen LogP contribution in [0.5, 0.6) is 0 Å². The minimum Gasteiger partial charge on any atom is -0.462 e. The zero-order chi connectivity index (χ0) is 23.0. The number of esters is 1. The number of rotatable bonds is 7. The Kier molecular flexibility index (Phi) is 5.95.